The molecule has 0 aliphatic rings. The number of benzene rings is 1. The van der Waals surface area contributed by atoms with E-state index in [1.54, 1.807) is 18.2 Å². The number of hydrogen-bond donors (Lipinski definition) is 2. The molecule has 0 aliphatic heterocycles. The fourth-order valence-electron chi connectivity index (χ4n) is 1.59. The van der Waals surface area contributed by atoms with Crippen LogP contribution in [0.25, 0.3) is 0 Å². The van der Waals surface area contributed by atoms with Gasteiger partial charge in [-0.1, -0.05) is 6.07 Å². The number of rotatable bonds is 4. The second-order valence-corrected chi connectivity index (χ2v) is 5.30. The Morgan fingerprint density at radius 2 is 1.95 bits per heavy atom. The Morgan fingerprint density at radius 3 is 2.50 bits per heavy atom. The van der Waals surface area contributed by atoms with E-state index in [0.717, 1.165) is 0 Å². The summed E-state index contributed by atoms with van der Waals surface area (Å²) >= 11 is 0. The Labute approximate surface area is 118 Å². The maximum absolute atomic E-state index is 12.0. The molecule has 0 aliphatic carbocycles. The van der Waals surface area contributed by atoms with Crippen molar-refractivity contribution in [1.82, 2.24) is 5.32 Å². The molecule has 110 valence electrons. The number of nitrogen functional groups attached to an aromatic ring is 1. The van der Waals surface area contributed by atoms with Crippen molar-refractivity contribution in [3.05, 3.63) is 23.8 Å². The SMILES string of the molecule is COc1cccc(N)c1C(=O)OCC(=O)NC(C)(C)C. The van der Waals surface area contributed by atoms with E-state index in [0.29, 0.717) is 5.75 Å². The van der Waals surface area contributed by atoms with Crippen molar-refractivity contribution in [1.29, 1.82) is 0 Å². The highest BCUT2D eigenvalue weighted by molar-refractivity contribution is 5.99. The van der Waals surface area contributed by atoms with Gasteiger partial charge in [0.1, 0.15) is 11.3 Å². The summed E-state index contributed by atoms with van der Waals surface area (Å²) in [5.74, 6) is -0.755. The minimum absolute atomic E-state index is 0.124. The molecule has 1 rings (SSSR count). The Bertz CT molecular complexity index is 506. The van der Waals surface area contributed by atoms with E-state index in [-0.39, 0.29) is 29.3 Å². The zero-order chi connectivity index (χ0) is 15.3. The first-order chi connectivity index (χ1) is 9.24. The quantitative estimate of drug-likeness (QED) is 0.641. The van der Waals surface area contributed by atoms with Gasteiger partial charge in [0.2, 0.25) is 0 Å². The molecule has 0 heterocycles. The molecule has 0 saturated carbocycles. The van der Waals surface area contributed by atoms with E-state index in [4.69, 9.17) is 15.2 Å². The van der Waals surface area contributed by atoms with Crippen molar-refractivity contribution in [2.45, 2.75) is 26.3 Å². The van der Waals surface area contributed by atoms with Crippen LogP contribution >= 0.6 is 0 Å². The first-order valence-electron chi connectivity index (χ1n) is 6.15. The second-order valence-electron chi connectivity index (χ2n) is 5.30. The molecule has 1 aromatic carbocycles. The van der Waals surface area contributed by atoms with Crippen molar-refractivity contribution in [3.63, 3.8) is 0 Å². The summed E-state index contributed by atoms with van der Waals surface area (Å²) in [6, 6.07) is 4.83. The predicted molar refractivity (Wildman–Crippen MR) is 75.6 cm³/mol. The number of amides is 1. The number of carbonyl (C=O) groups excluding carboxylic acids is 2. The number of nitrogens with one attached hydrogen (secondary N) is 1. The lowest BCUT2D eigenvalue weighted by molar-refractivity contribution is -0.125. The Hall–Kier alpha value is -2.24. The first kappa shape index (κ1) is 15.8. The Kier molecular flexibility index (Phi) is 4.96. The van der Waals surface area contributed by atoms with Gasteiger partial charge in [0.05, 0.1) is 7.11 Å². The van der Waals surface area contributed by atoms with Crippen LogP contribution in [0.1, 0.15) is 31.1 Å². The second kappa shape index (κ2) is 6.27. The molecule has 6 nitrogen and oxygen atoms in total. The molecule has 0 saturated heterocycles. The van der Waals surface area contributed by atoms with E-state index in [9.17, 15) is 9.59 Å². The maximum Gasteiger partial charge on any atom is 0.344 e. The standard InChI is InChI=1S/C14H20N2O4/c1-14(2,3)16-11(17)8-20-13(18)12-9(15)6-5-7-10(12)19-4/h5-7H,8,15H2,1-4H3,(H,16,17). The van der Waals surface area contributed by atoms with Crippen molar-refractivity contribution in [3.8, 4) is 5.75 Å². The normalized spacial score (nSPS) is 10.8. The van der Waals surface area contributed by atoms with E-state index >= 15 is 0 Å². The van der Waals surface area contributed by atoms with Gasteiger partial charge in [-0.2, -0.15) is 0 Å². The van der Waals surface area contributed by atoms with Gasteiger partial charge in [0, 0.05) is 11.2 Å². The van der Waals surface area contributed by atoms with Crippen molar-refractivity contribution < 1.29 is 19.1 Å². The Balaban J connectivity index is 2.71. The zero-order valence-corrected chi connectivity index (χ0v) is 12.1. The van der Waals surface area contributed by atoms with E-state index in [1.165, 1.54) is 7.11 Å². The number of carbonyl (C=O) groups is 2. The fraction of sp³-hybridized carbons (Fsp3) is 0.429. The summed E-state index contributed by atoms with van der Waals surface area (Å²) in [5, 5.41) is 2.69. The summed E-state index contributed by atoms with van der Waals surface area (Å²) < 4.78 is 10.0. The minimum atomic E-state index is -0.691. The third-order valence-corrected chi connectivity index (χ3v) is 2.33. The number of hydrogen-bond acceptors (Lipinski definition) is 5. The summed E-state index contributed by atoms with van der Waals surface area (Å²) in [6.07, 6.45) is 0. The van der Waals surface area contributed by atoms with Crippen LogP contribution in [0.2, 0.25) is 0 Å². The van der Waals surface area contributed by atoms with Crippen LogP contribution in [0.15, 0.2) is 18.2 Å². The van der Waals surface area contributed by atoms with E-state index < -0.39 is 5.97 Å². The van der Waals surface area contributed by atoms with Gasteiger partial charge in [0.15, 0.2) is 6.61 Å². The average Bonchev–Trinajstić information content (AvgIpc) is 2.33. The number of methoxy groups -OCH3 is 1. The van der Waals surface area contributed by atoms with Gasteiger partial charge < -0.3 is 20.5 Å². The summed E-state index contributed by atoms with van der Waals surface area (Å²) in [6.45, 7) is 5.15. The van der Waals surface area contributed by atoms with Crippen molar-refractivity contribution >= 4 is 17.6 Å². The molecule has 0 spiro atoms. The number of anilines is 1. The summed E-state index contributed by atoms with van der Waals surface area (Å²) in [4.78, 5) is 23.5. The lowest BCUT2D eigenvalue weighted by atomic mass is 10.1. The summed E-state index contributed by atoms with van der Waals surface area (Å²) in [7, 11) is 1.43. The highest BCUT2D eigenvalue weighted by Crippen LogP contribution is 2.24. The van der Waals surface area contributed by atoms with Crippen LogP contribution < -0.4 is 15.8 Å². The van der Waals surface area contributed by atoms with Crippen LogP contribution in [0.5, 0.6) is 5.75 Å². The van der Waals surface area contributed by atoms with E-state index in [2.05, 4.69) is 5.32 Å². The molecule has 1 aromatic rings. The molecular formula is C14H20N2O4. The molecule has 1 amide bonds. The molecule has 3 N–H and O–H groups in total. The number of ether oxygens (including phenoxy) is 2. The summed E-state index contributed by atoms with van der Waals surface area (Å²) in [5.41, 5.74) is 5.71. The average molecular weight is 280 g/mol. The van der Waals surface area contributed by atoms with Gasteiger partial charge in [0.25, 0.3) is 5.91 Å². The highest BCUT2D eigenvalue weighted by Gasteiger charge is 2.20. The number of nitrogens with two attached hydrogens (primary N) is 1. The van der Waals surface area contributed by atoms with Crippen LogP contribution in [0.4, 0.5) is 5.69 Å². The molecule has 0 fully saturated rings. The Morgan fingerprint density at radius 1 is 1.30 bits per heavy atom. The molecule has 0 aromatic heterocycles. The van der Waals surface area contributed by atoms with Crippen LogP contribution in [-0.2, 0) is 9.53 Å². The topological polar surface area (TPSA) is 90.7 Å². The van der Waals surface area contributed by atoms with Crippen molar-refractivity contribution in [2.75, 3.05) is 19.5 Å². The lowest BCUT2D eigenvalue weighted by Gasteiger charge is -2.20. The third kappa shape index (κ3) is 4.46. The number of esters is 1. The predicted octanol–water partition coefficient (Wildman–Crippen LogP) is 1.35. The molecule has 0 atom stereocenters. The molecule has 0 unspecified atom stereocenters. The zero-order valence-electron chi connectivity index (χ0n) is 12.1. The van der Waals surface area contributed by atoms with Gasteiger partial charge in [-0.15, -0.1) is 0 Å². The van der Waals surface area contributed by atoms with Crippen LogP contribution in [0.3, 0.4) is 0 Å². The smallest absolute Gasteiger partial charge is 0.344 e. The largest absolute Gasteiger partial charge is 0.496 e. The molecule has 0 radical (unpaired) electrons. The first-order valence-corrected chi connectivity index (χ1v) is 6.15. The van der Waals surface area contributed by atoms with Crippen molar-refractivity contribution in [2.24, 2.45) is 0 Å². The molecule has 6 heteroatoms. The van der Waals surface area contributed by atoms with Gasteiger partial charge in [-0.25, -0.2) is 4.79 Å². The van der Waals surface area contributed by atoms with Gasteiger partial charge in [-0.3, -0.25) is 4.79 Å². The van der Waals surface area contributed by atoms with E-state index in [1.807, 2.05) is 20.8 Å². The lowest BCUT2D eigenvalue weighted by Crippen LogP contribution is -2.42. The monoisotopic (exact) mass is 280 g/mol. The molecular weight excluding hydrogens is 260 g/mol. The van der Waals surface area contributed by atoms with Crippen LogP contribution in [-0.4, -0.2) is 31.1 Å². The van der Waals surface area contributed by atoms with Gasteiger partial charge in [-0.05, 0) is 32.9 Å². The van der Waals surface area contributed by atoms with Crippen LogP contribution in [0, 0.1) is 0 Å². The maximum atomic E-state index is 12.0. The third-order valence-electron chi connectivity index (χ3n) is 2.33. The highest BCUT2D eigenvalue weighted by atomic mass is 16.5. The fourth-order valence-corrected chi connectivity index (χ4v) is 1.59. The molecule has 20 heavy (non-hydrogen) atoms. The van der Waals surface area contributed by atoms with Gasteiger partial charge >= 0.3 is 5.97 Å². The molecule has 0 bridgehead atoms. The minimum Gasteiger partial charge on any atom is -0.496 e.